The molecule has 2 N–H and O–H groups in total. The van der Waals surface area contributed by atoms with Gasteiger partial charge in [-0.25, -0.2) is 23.7 Å². The average Bonchev–Trinajstić information content (AvgIpc) is 3.12. The Kier molecular flexibility index (Phi) is 9.08. The molecule has 0 spiro atoms. The second kappa shape index (κ2) is 13.5. The van der Waals surface area contributed by atoms with Crippen LogP contribution >= 0.6 is 0 Å². The number of nitrogens with one attached hydrogen (secondary N) is 2. The van der Waals surface area contributed by atoms with Gasteiger partial charge in [-0.1, -0.05) is 26.8 Å². The van der Waals surface area contributed by atoms with Crippen molar-refractivity contribution in [2.24, 2.45) is 28.2 Å². The molecule has 2 aromatic carbocycles. The second-order valence-electron chi connectivity index (χ2n) is 14.3. The lowest BCUT2D eigenvalue weighted by molar-refractivity contribution is -0.108. The van der Waals surface area contributed by atoms with Crippen LogP contribution in [0.25, 0.3) is 22.4 Å². The summed E-state index contributed by atoms with van der Waals surface area (Å²) in [6.07, 6.45) is 7.23. The van der Waals surface area contributed by atoms with Gasteiger partial charge in [-0.15, -0.1) is 0 Å². The number of guanidine groups is 1. The van der Waals surface area contributed by atoms with Gasteiger partial charge in [0.1, 0.15) is 23.9 Å². The van der Waals surface area contributed by atoms with Gasteiger partial charge in [0.25, 0.3) is 5.56 Å². The zero-order chi connectivity index (χ0) is 34.3. The van der Waals surface area contributed by atoms with Crippen LogP contribution in [0.5, 0.6) is 5.75 Å². The van der Waals surface area contributed by atoms with E-state index in [4.69, 9.17) is 14.7 Å². The number of piperazine rings is 1. The molecule has 4 fully saturated rings. The number of rotatable bonds is 8. The molecule has 0 amide bonds. The lowest BCUT2D eigenvalue weighted by Crippen LogP contribution is -2.58. The third-order valence-electron chi connectivity index (χ3n) is 11.2. The van der Waals surface area contributed by atoms with E-state index < -0.39 is 12.5 Å². The Hall–Kier alpha value is -4.45. The number of alkyl halides is 1. The topological polar surface area (TPSA) is 110 Å². The van der Waals surface area contributed by atoms with E-state index in [9.17, 15) is 13.6 Å². The van der Waals surface area contributed by atoms with Gasteiger partial charge in [0.2, 0.25) is 0 Å². The SMILES string of the molecule is COc1ccc(CCn2c(-c3cnccn3)nc3cc(NC(=N[C@H]4C[C@@H]5C[C@H]([C@@H]4C)C5(C)C)N4CCN[C@@H](CF)C4)ccc3c2=O)c(F)c1. The van der Waals surface area contributed by atoms with Crippen LogP contribution in [-0.4, -0.2) is 75.9 Å². The third kappa shape index (κ3) is 6.38. The first kappa shape index (κ1) is 33.1. The van der Waals surface area contributed by atoms with Crippen LogP contribution in [0.15, 0.2) is 64.8 Å². The van der Waals surface area contributed by atoms with Crippen molar-refractivity contribution >= 4 is 22.5 Å². The monoisotopic (exact) mass is 670 g/mol. The van der Waals surface area contributed by atoms with E-state index in [1.807, 2.05) is 12.1 Å². The fraction of sp³-hybridized carbons (Fsp3) is 0.486. The molecule has 258 valence electrons. The van der Waals surface area contributed by atoms with E-state index in [0.29, 0.717) is 76.5 Å². The maximum Gasteiger partial charge on any atom is 0.261 e. The number of aliphatic imine (C=N–C) groups is 1. The maximum atomic E-state index is 14.8. The molecule has 5 atom stereocenters. The fourth-order valence-corrected chi connectivity index (χ4v) is 8.10. The minimum atomic E-state index is -0.454. The van der Waals surface area contributed by atoms with Gasteiger partial charge in [0.05, 0.1) is 36.3 Å². The van der Waals surface area contributed by atoms with Crippen LogP contribution in [0.1, 0.15) is 39.2 Å². The number of hydrogen-bond donors (Lipinski definition) is 2. The highest BCUT2D eigenvalue weighted by Gasteiger charge is 2.56. The molecular weight excluding hydrogens is 626 g/mol. The van der Waals surface area contributed by atoms with Crippen LogP contribution in [0.4, 0.5) is 14.5 Å². The van der Waals surface area contributed by atoms with Crippen molar-refractivity contribution in [2.75, 3.05) is 38.7 Å². The van der Waals surface area contributed by atoms with E-state index in [-0.39, 0.29) is 30.6 Å². The zero-order valence-electron chi connectivity index (χ0n) is 28.5. The molecule has 1 saturated heterocycles. The van der Waals surface area contributed by atoms with E-state index >= 15 is 0 Å². The molecule has 10 nitrogen and oxygen atoms in total. The van der Waals surface area contributed by atoms with Crippen molar-refractivity contribution in [1.29, 1.82) is 0 Å². The Morgan fingerprint density at radius 3 is 2.76 bits per heavy atom. The number of hydrogen-bond acceptors (Lipinski definition) is 7. The number of aromatic nitrogens is 4. The molecule has 3 heterocycles. The van der Waals surface area contributed by atoms with Gasteiger partial charge in [-0.05, 0) is 72.3 Å². The minimum absolute atomic E-state index is 0.169. The third-order valence-corrected chi connectivity index (χ3v) is 11.2. The summed E-state index contributed by atoms with van der Waals surface area (Å²) in [6, 6.07) is 10.1. The summed E-state index contributed by atoms with van der Waals surface area (Å²) in [4.78, 5) is 35.1. The fourth-order valence-electron chi connectivity index (χ4n) is 8.10. The van der Waals surface area contributed by atoms with E-state index in [2.05, 4.69) is 46.3 Å². The zero-order valence-corrected chi connectivity index (χ0v) is 28.5. The summed E-state index contributed by atoms with van der Waals surface area (Å²) in [5.41, 5.74) is 2.19. The van der Waals surface area contributed by atoms with Gasteiger partial charge < -0.3 is 20.3 Å². The molecule has 3 aliphatic carbocycles. The number of halogens is 2. The summed E-state index contributed by atoms with van der Waals surface area (Å²) in [6.45, 7) is 8.67. The number of fused-ring (bicyclic) bond motifs is 3. The standard InChI is InChI=1S/C37H44F2N8O2/c1-22-29-15-24(37(29,2)3)16-31(22)45-36(46-14-12-41-26(19-38)21-46)43-25-6-8-28-32(17-25)44-34(33-20-40-10-11-42-33)47(35(28)48)13-9-23-5-7-27(49-4)18-30(23)39/h5-8,10-11,17-18,20,22,24,26,29,31,41H,9,12-16,19,21H2,1-4H3,(H,43,45)/t22-,24-,26-,29+,31-/m0/s1. The van der Waals surface area contributed by atoms with Crippen LogP contribution < -0.4 is 20.9 Å². The molecular formula is C37H44F2N8O2. The number of benzene rings is 2. The lowest BCUT2D eigenvalue weighted by atomic mass is 9.45. The number of ether oxygens (including phenoxy) is 1. The van der Waals surface area contributed by atoms with Crippen molar-refractivity contribution in [3.63, 3.8) is 0 Å². The Labute approximate surface area is 285 Å². The van der Waals surface area contributed by atoms with Crippen molar-refractivity contribution in [3.8, 4) is 17.3 Å². The Morgan fingerprint density at radius 1 is 1.18 bits per heavy atom. The van der Waals surface area contributed by atoms with E-state index in [1.54, 1.807) is 36.8 Å². The van der Waals surface area contributed by atoms with Crippen LogP contribution in [0.3, 0.4) is 0 Å². The first-order valence-electron chi connectivity index (χ1n) is 17.2. The first-order chi connectivity index (χ1) is 23.7. The van der Waals surface area contributed by atoms with Crippen molar-refractivity contribution in [2.45, 2.75) is 58.7 Å². The molecule has 49 heavy (non-hydrogen) atoms. The van der Waals surface area contributed by atoms with Gasteiger partial charge in [0, 0.05) is 50.3 Å². The highest BCUT2D eigenvalue weighted by molar-refractivity contribution is 5.96. The molecule has 4 aromatic rings. The molecule has 3 saturated carbocycles. The highest BCUT2D eigenvalue weighted by atomic mass is 19.1. The second-order valence-corrected chi connectivity index (χ2v) is 14.3. The molecule has 2 aromatic heterocycles. The maximum absolute atomic E-state index is 14.8. The largest absolute Gasteiger partial charge is 0.497 e. The van der Waals surface area contributed by atoms with Crippen molar-refractivity contribution in [3.05, 3.63) is 76.7 Å². The summed E-state index contributed by atoms with van der Waals surface area (Å²) in [7, 11) is 1.49. The van der Waals surface area contributed by atoms with Gasteiger partial charge in [-0.3, -0.25) is 14.3 Å². The molecule has 12 heteroatoms. The first-order valence-corrected chi connectivity index (χ1v) is 17.2. The Morgan fingerprint density at radius 2 is 2.04 bits per heavy atom. The Bertz CT molecular complexity index is 1920. The van der Waals surface area contributed by atoms with Gasteiger partial charge in [0.15, 0.2) is 11.8 Å². The quantitative estimate of drug-likeness (QED) is 0.192. The lowest BCUT2D eigenvalue weighted by Gasteiger charge is -2.61. The van der Waals surface area contributed by atoms with Gasteiger partial charge in [-0.2, -0.15) is 0 Å². The predicted molar refractivity (Wildman–Crippen MR) is 187 cm³/mol. The highest BCUT2D eigenvalue weighted by Crippen LogP contribution is 2.61. The van der Waals surface area contributed by atoms with Crippen molar-refractivity contribution < 1.29 is 13.5 Å². The summed E-state index contributed by atoms with van der Waals surface area (Å²) < 4.78 is 35.3. The summed E-state index contributed by atoms with van der Waals surface area (Å²) >= 11 is 0. The molecule has 8 rings (SSSR count). The molecule has 2 bridgehead atoms. The predicted octanol–water partition coefficient (Wildman–Crippen LogP) is 5.33. The molecule has 1 aliphatic heterocycles. The number of nitrogens with zero attached hydrogens (tertiary/aromatic N) is 6. The number of aryl methyl sites for hydroxylation is 1. The normalized spacial score (nSPS) is 24.8. The van der Waals surface area contributed by atoms with Crippen molar-refractivity contribution in [1.82, 2.24) is 29.7 Å². The van der Waals surface area contributed by atoms with E-state index in [0.717, 1.165) is 18.1 Å². The summed E-state index contributed by atoms with van der Waals surface area (Å²) in [5.74, 6) is 2.82. The minimum Gasteiger partial charge on any atom is -0.497 e. The van der Waals surface area contributed by atoms with E-state index in [1.165, 1.54) is 24.2 Å². The number of methoxy groups -OCH3 is 1. The average molecular weight is 671 g/mol. The molecule has 4 aliphatic rings. The van der Waals surface area contributed by atoms with Crippen LogP contribution in [0.2, 0.25) is 0 Å². The molecule has 0 radical (unpaired) electrons. The smallest absolute Gasteiger partial charge is 0.261 e. The summed E-state index contributed by atoms with van der Waals surface area (Å²) in [5, 5.41) is 7.24. The molecule has 0 unspecified atom stereocenters. The number of anilines is 1. The van der Waals surface area contributed by atoms with Crippen LogP contribution in [0, 0.1) is 29.0 Å². The van der Waals surface area contributed by atoms with Gasteiger partial charge >= 0.3 is 0 Å². The Balaban J connectivity index is 1.23. The van der Waals surface area contributed by atoms with Crippen LogP contribution in [-0.2, 0) is 13.0 Å².